The first-order valence-corrected chi connectivity index (χ1v) is 11.2. The molecule has 2 aliphatic heterocycles. The van der Waals surface area contributed by atoms with Crippen molar-refractivity contribution in [1.82, 2.24) is 19.7 Å². The van der Waals surface area contributed by atoms with Gasteiger partial charge in [-0.15, -0.1) is 11.3 Å². The number of hydrogen-bond donors (Lipinski definition) is 0. The fourth-order valence-electron chi connectivity index (χ4n) is 3.63. The summed E-state index contributed by atoms with van der Waals surface area (Å²) in [5.74, 6) is 0.0385. The molecule has 0 saturated carbocycles. The minimum absolute atomic E-state index is 0.0385. The molecule has 3 amide bonds. The average Bonchev–Trinajstić information content (AvgIpc) is 3.37. The van der Waals surface area contributed by atoms with Gasteiger partial charge in [-0.25, -0.2) is 9.78 Å². The van der Waals surface area contributed by atoms with Crippen LogP contribution in [0.4, 0.5) is 4.79 Å². The molecule has 4 heterocycles. The van der Waals surface area contributed by atoms with Crippen LogP contribution in [0, 0.1) is 6.92 Å². The van der Waals surface area contributed by atoms with Gasteiger partial charge in [0.2, 0.25) is 0 Å². The topological polar surface area (TPSA) is 56.8 Å². The van der Waals surface area contributed by atoms with Gasteiger partial charge in [0.15, 0.2) is 0 Å². The molecule has 0 bridgehead atoms. The maximum Gasteiger partial charge on any atom is 0.320 e. The normalized spacial score (nSPS) is 18.0. The van der Waals surface area contributed by atoms with Gasteiger partial charge in [0.05, 0.1) is 5.69 Å². The van der Waals surface area contributed by atoms with E-state index in [1.54, 1.807) is 11.3 Å². The van der Waals surface area contributed by atoms with Crippen molar-refractivity contribution in [1.29, 1.82) is 0 Å². The molecule has 0 spiro atoms. The number of aromatic nitrogens is 1. The van der Waals surface area contributed by atoms with Crippen LogP contribution in [0.1, 0.15) is 34.6 Å². The Kier molecular flexibility index (Phi) is 5.45. The Morgan fingerprint density at radius 3 is 2.30 bits per heavy atom. The quantitative estimate of drug-likeness (QED) is 0.769. The Balaban J connectivity index is 1.38. The molecule has 0 atom stereocenters. The highest BCUT2D eigenvalue weighted by atomic mass is 32.1. The molecular weight excluding hydrogens is 380 g/mol. The van der Waals surface area contributed by atoms with Gasteiger partial charge in [-0.1, -0.05) is 0 Å². The predicted molar refractivity (Wildman–Crippen MR) is 108 cm³/mol. The summed E-state index contributed by atoms with van der Waals surface area (Å²) < 4.78 is 0. The molecule has 0 N–H and O–H groups in total. The fourth-order valence-corrected chi connectivity index (χ4v) is 5.38. The van der Waals surface area contributed by atoms with Gasteiger partial charge in [-0.05, 0) is 37.6 Å². The van der Waals surface area contributed by atoms with E-state index in [0.29, 0.717) is 31.1 Å². The van der Waals surface area contributed by atoms with Crippen LogP contribution >= 0.6 is 22.7 Å². The summed E-state index contributed by atoms with van der Waals surface area (Å²) >= 11 is 3.09. The van der Waals surface area contributed by atoms with Crippen molar-refractivity contribution in [2.45, 2.75) is 26.2 Å². The highest BCUT2D eigenvalue weighted by molar-refractivity contribution is 7.17. The molecule has 2 aromatic heterocycles. The van der Waals surface area contributed by atoms with Crippen LogP contribution in [-0.4, -0.2) is 70.9 Å². The Morgan fingerprint density at radius 2 is 1.63 bits per heavy atom. The van der Waals surface area contributed by atoms with Crippen LogP contribution in [0.2, 0.25) is 0 Å². The summed E-state index contributed by atoms with van der Waals surface area (Å²) in [5.41, 5.74) is 1.86. The minimum atomic E-state index is 0.0385. The molecule has 2 fully saturated rings. The Bertz CT molecular complexity index is 804. The standard InChI is InChI=1S/C19H24N4O2S2/c1-14-16(27-17(20-14)15-5-12-26-13-15)18(24)21-8-10-23(11-9-21)19(25)22-6-3-2-4-7-22/h5,12-13H,2-4,6-11H2,1H3. The van der Waals surface area contributed by atoms with E-state index >= 15 is 0 Å². The summed E-state index contributed by atoms with van der Waals surface area (Å²) in [6.07, 6.45) is 3.41. The van der Waals surface area contributed by atoms with Crippen molar-refractivity contribution in [2.75, 3.05) is 39.3 Å². The monoisotopic (exact) mass is 404 g/mol. The number of likely N-dealkylation sites (tertiary alicyclic amines) is 1. The molecule has 2 aromatic rings. The second-order valence-electron chi connectivity index (χ2n) is 7.06. The molecule has 6 nitrogen and oxygen atoms in total. The predicted octanol–water partition coefficient (Wildman–Crippen LogP) is 3.54. The van der Waals surface area contributed by atoms with Gasteiger partial charge in [0.25, 0.3) is 5.91 Å². The lowest BCUT2D eigenvalue weighted by molar-refractivity contribution is 0.0636. The number of rotatable bonds is 2. The number of carbonyl (C=O) groups is 2. The van der Waals surface area contributed by atoms with Crippen LogP contribution in [-0.2, 0) is 0 Å². The van der Waals surface area contributed by atoms with Gasteiger partial charge < -0.3 is 14.7 Å². The first-order chi connectivity index (χ1) is 13.1. The maximum atomic E-state index is 13.0. The summed E-state index contributed by atoms with van der Waals surface area (Å²) in [4.78, 5) is 36.6. The molecule has 4 rings (SSSR count). The molecule has 0 radical (unpaired) electrons. The summed E-state index contributed by atoms with van der Waals surface area (Å²) in [5, 5.41) is 4.97. The minimum Gasteiger partial charge on any atom is -0.334 e. The Labute approximate surface area is 167 Å². The number of piperidine rings is 1. The van der Waals surface area contributed by atoms with Crippen molar-refractivity contribution >= 4 is 34.6 Å². The molecule has 8 heteroatoms. The molecule has 0 unspecified atom stereocenters. The van der Waals surface area contributed by atoms with E-state index in [4.69, 9.17) is 0 Å². The molecule has 27 heavy (non-hydrogen) atoms. The van der Waals surface area contributed by atoms with Crippen LogP contribution in [0.25, 0.3) is 10.6 Å². The summed E-state index contributed by atoms with van der Waals surface area (Å²) in [7, 11) is 0. The summed E-state index contributed by atoms with van der Waals surface area (Å²) in [6, 6.07) is 2.16. The number of thiazole rings is 1. The lowest BCUT2D eigenvalue weighted by atomic mass is 10.1. The van der Waals surface area contributed by atoms with E-state index in [-0.39, 0.29) is 11.9 Å². The zero-order chi connectivity index (χ0) is 18.8. The third kappa shape index (κ3) is 3.87. The number of nitrogens with zero attached hydrogens (tertiary/aromatic N) is 4. The number of aryl methyl sites for hydroxylation is 1. The van der Waals surface area contributed by atoms with Gasteiger partial charge in [-0.3, -0.25) is 4.79 Å². The number of carbonyl (C=O) groups excluding carboxylic acids is 2. The van der Waals surface area contributed by atoms with Crippen molar-refractivity contribution in [3.63, 3.8) is 0 Å². The van der Waals surface area contributed by atoms with Gasteiger partial charge >= 0.3 is 6.03 Å². The molecule has 144 valence electrons. The molecule has 2 aliphatic rings. The molecular formula is C19H24N4O2S2. The molecule has 0 aliphatic carbocycles. The number of urea groups is 1. The van der Waals surface area contributed by atoms with E-state index in [1.807, 2.05) is 33.1 Å². The zero-order valence-electron chi connectivity index (χ0n) is 15.5. The highest BCUT2D eigenvalue weighted by Gasteiger charge is 2.29. The second kappa shape index (κ2) is 7.98. The zero-order valence-corrected chi connectivity index (χ0v) is 17.2. The second-order valence-corrected chi connectivity index (χ2v) is 8.83. The first kappa shape index (κ1) is 18.4. The van der Waals surface area contributed by atoms with E-state index < -0.39 is 0 Å². The highest BCUT2D eigenvalue weighted by Crippen LogP contribution is 2.30. The van der Waals surface area contributed by atoms with Crippen molar-refractivity contribution in [3.05, 3.63) is 27.4 Å². The summed E-state index contributed by atoms with van der Waals surface area (Å²) in [6.45, 7) is 6.02. The third-order valence-corrected chi connectivity index (χ3v) is 7.10. The maximum absolute atomic E-state index is 13.0. The lowest BCUT2D eigenvalue weighted by Gasteiger charge is -2.38. The van der Waals surface area contributed by atoms with Gasteiger partial charge in [-0.2, -0.15) is 11.3 Å². The largest absolute Gasteiger partial charge is 0.334 e. The van der Waals surface area contributed by atoms with Crippen LogP contribution in [0.3, 0.4) is 0 Å². The van der Waals surface area contributed by atoms with E-state index in [2.05, 4.69) is 10.4 Å². The molecule has 0 aromatic carbocycles. The smallest absolute Gasteiger partial charge is 0.320 e. The van der Waals surface area contributed by atoms with Gasteiger partial charge in [0.1, 0.15) is 9.88 Å². The SMILES string of the molecule is Cc1nc(-c2ccsc2)sc1C(=O)N1CCN(C(=O)N2CCCCC2)CC1. The third-order valence-electron chi connectivity index (χ3n) is 5.22. The number of amides is 3. The van der Waals surface area contributed by atoms with E-state index in [0.717, 1.165) is 42.2 Å². The van der Waals surface area contributed by atoms with Gasteiger partial charge in [0, 0.05) is 50.2 Å². The lowest BCUT2D eigenvalue weighted by Crippen LogP contribution is -2.54. The van der Waals surface area contributed by atoms with E-state index in [9.17, 15) is 9.59 Å². The number of thiophene rings is 1. The van der Waals surface area contributed by atoms with Crippen LogP contribution < -0.4 is 0 Å². The van der Waals surface area contributed by atoms with E-state index in [1.165, 1.54) is 17.8 Å². The first-order valence-electron chi connectivity index (χ1n) is 9.46. The van der Waals surface area contributed by atoms with Crippen LogP contribution in [0.5, 0.6) is 0 Å². The Morgan fingerprint density at radius 1 is 0.963 bits per heavy atom. The van der Waals surface area contributed by atoms with Crippen molar-refractivity contribution < 1.29 is 9.59 Å². The number of hydrogen-bond acceptors (Lipinski definition) is 5. The number of piperazine rings is 1. The Hall–Kier alpha value is -1.93. The molecule has 2 saturated heterocycles. The van der Waals surface area contributed by atoms with Crippen molar-refractivity contribution in [2.24, 2.45) is 0 Å². The van der Waals surface area contributed by atoms with Crippen LogP contribution in [0.15, 0.2) is 16.8 Å². The fraction of sp³-hybridized carbons (Fsp3) is 0.526. The average molecular weight is 405 g/mol. The van der Waals surface area contributed by atoms with Crippen molar-refractivity contribution in [3.8, 4) is 10.6 Å².